The first-order valence-electron chi connectivity index (χ1n) is 9.78. The predicted octanol–water partition coefficient (Wildman–Crippen LogP) is 3.08. The van der Waals surface area contributed by atoms with E-state index in [4.69, 9.17) is 4.74 Å². The number of amides is 2. The minimum atomic E-state index is -0.547. The Labute approximate surface area is 179 Å². The molecule has 1 aliphatic heterocycles. The largest absolute Gasteiger partial charge is 0.465 e. The highest BCUT2D eigenvalue weighted by Gasteiger charge is 2.35. The Bertz CT molecular complexity index is 1090. The van der Waals surface area contributed by atoms with Gasteiger partial charge < -0.3 is 4.74 Å². The first kappa shape index (κ1) is 21.9. The van der Waals surface area contributed by atoms with Gasteiger partial charge in [0.15, 0.2) is 0 Å². The fraction of sp³-hybridized carbons (Fsp3) is 0.318. The summed E-state index contributed by atoms with van der Waals surface area (Å²) in [6.07, 6.45) is 0. The molecule has 0 atom stereocenters. The Hall–Kier alpha value is -3.75. The van der Waals surface area contributed by atoms with E-state index in [1.54, 1.807) is 19.1 Å². The summed E-state index contributed by atoms with van der Waals surface area (Å²) in [4.78, 5) is 51.7. The van der Waals surface area contributed by atoms with E-state index in [9.17, 15) is 24.5 Å². The van der Waals surface area contributed by atoms with Gasteiger partial charge >= 0.3 is 5.97 Å². The molecule has 0 aliphatic carbocycles. The number of rotatable bonds is 5. The van der Waals surface area contributed by atoms with Crippen LogP contribution in [0.1, 0.15) is 34.0 Å². The molecule has 0 fully saturated rings. The average Bonchev–Trinajstić information content (AvgIpc) is 2.71. The minimum Gasteiger partial charge on any atom is -0.465 e. The van der Waals surface area contributed by atoms with Crippen molar-refractivity contribution in [3.8, 4) is 0 Å². The number of ether oxygens (including phenoxy) is 1. The highest BCUT2D eigenvalue weighted by Crippen LogP contribution is 2.37. The molecule has 0 aromatic heterocycles. The third-order valence-corrected chi connectivity index (χ3v) is 5.34. The van der Waals surface area contributed by atoms with E-state index in [0.29, 0.717) is 11.4 Å². The van der Waals surface area contributed by atoms with Gasteiger partial charge in [0.25, 0.3) is 11.6 Å². The lowest BCUT2D eigenvalue weighted by molar-refractivity contribution is -0.385. The van der Waals surface area contributed by atoms with Crippen molar-refractivity contribution in [2.45, 2.75) is 27.7 Å². The number of fused-ring (bicyclic) bond motifs is 1. The van der Waals surface area contributed by atoms with Crippen LogP contribution < -0.4 is 9.80 Å². The fourth-order valence-corrected chi connectivity index (χ4v) is 3.55. The smallest absolute Gasteiger partial charge is 0.326 e. The Morgan fingerprint density at radius 1 is 1.13 bits per heavy atom. The van der Waals surface area contributed by atoms with Crippen LogP contribution in [0.15, 0.2) is 30.3 Å². The summed E-state index contributed by atoms with van der Waals surface area (Å²) in [5.74, 6) is -1.51. The third-order valence-electron chi connectivity index (χ3n) is 5.34. The Balaban J connectivity index is 2.09. The van der Waals surface area contributed by atoms with Crippen LogP contribution in [0.25, 0.3) is 0 Å². The highest BCUT2D eigenvalue weighted by atomic mass is 16.6. The number of benzene rings is 2. The van der Waals surface area contributed by atoms with E-state index in [1.165, 1.54) is 34.9 Å². The Morgan fingerprint density at radius 3 is 2.39 bits per heavy atom. The molecule has 0 saturated heterocycles. The molecule has 0 saturated carbocycles. The molecule has 0 unspecified atom stereocenters. The zero-order chi connectivity index (χ0) is 22.9. The van der Waals surface area contributed by atoms with Crippen LogP contribution in [0.3, 0.4) is 0 Å². The maximum atomic E-state index is 13.4. The third kappa shape index (κ3) is 4.11. The molecule has 1 heterocycles. The number of hydrogen-bond donors (Lipinski definition) is 0. The van der Waals surface area contributed by atoms with Gasteiger partial charge in [-0.05, 0) is 57.0 Å². The molecular weight excluding hydrogens is 402 g/mol. The lowest BCUT2D eigenvalue weighted by Gasteiger charge is -2.36. The molecule has 0 N–H and O–H groups in total. The van der Waals surface area contributed by atoms with Gasteiger partial charge in [-0.15, -0.1) is 0 Å². The van der Waals surface area contributed by atoms with Crippen molar-refractivity contribution in [1.29, 1.82) is 0 Å². The van der Waals surface area contributed by atoms with Gasteiger partial charge in [0.2, 0.25) is 5.91 Å². The molecule has 9 heteroatoms. The van der Waals surface area contributed by atoms with Gasteiger partial charge in [0.05, 0.1) is 22.9 Å². The van der Waals surface area contributed by atoms with Gasteiger partial charge in [-0.2, -0.15) is 0 Å². The van der Waals surface area contributed by atoms with Crippen LogP contribution in [-0.4, -0.2) is 42.4 Å². The maximum Gasteiger partial charge on any atom is 0.326 e. The van der Waals surface area contributed by atoms with Crippen molar-refractivity contribution in [3.05, 3.63) is 62.7 Å². The molecular formula is C22H23N3O6. The molecule has 0 radical (unpaired) electrons. The number of anilines is 2. The van der Waals surface area contributed by atoms with Gasteiger partial charge in [0.1, 0.15) is 13.1 Å². The van der Waals surface area contributed by atoms with Crippen molar-refractivity contribution in [2.75, 3.05) is 29.5 Å². The molecule has 0 bridgehead atoms. The number of carbonyl (C=O) groups is 3. The first-order chi connectivity index (χ1) is 14.6. The maximum absolute atomic E-state index is 13.4. The average molecular weight is 425 g/mol. The van der Waals surface area contributed by atoms with Crippen molar-refractivity contribution >= 4 is 34.8 Å². The zero-order valence-corrected chi connectivity index (χ0v) is 17.8. The first-order valence-corrected chi connectivity index (χ1v) is 9.78. The summed E-state index contributed by atoms with van der Waals surface area (Å²) < 4.78 is 4.98. The van der Waals surface area contributed by atoms with E-state index in [0.717, 1.165) is 11.1 Å². The topological polar surface area (TPSA) is 110 Å². The number of nitro groups is 1. The second-order valence-corrected chi connectivity index (χ2v) is 7.31. The second-order valence-electron chi connectivity index (χ2n) is 7.31. The predicted molar refractivity (Wildman–Crippen MR) is 114 cm³/mol. The molecule has 0 spiro atoms. The molecule has 1 aliphatic rings. The van der Waals surface area contributed by atoms with E-state index in [1.807, 2.05) is 13.8 Å². The Kier molecular flexibility index (Phi) is 6.05. The summed E-state index contributed by atoms with van der Waals surface area (Å²) in [5, 5.41) is 11.3. The molecule has 31 heavy (non-hydrogen) atoms. The van der Waals surface area contributed by atoms with Gasteiger partial charge in [-0.1, -0.05) is 6.07 Å². The van der Waals surface area contributed by atoms with Crippen molar-refractivity contribution < 1.29 is 24.0 Å². The van der Waals surface area contributed by atoms with Crippen LogP contribution in [0.4, 0.5) is 17.1 Å². The van der Waals surface area contributed by atoms with E-state index in [-0.39, 0.29) is 36.5 Å². The summed E-state index contributed by atoms with van der Waals surface area (Å²) >= 11 is 0. The van der Waals surface area contributed by atoms with Crippen LogP contribution >= 0.6 is 0 Å². The molecule has 3 rings (SSSR count). The monoisotopic (exact) mass is 425 g/mol. The number of esters is 1. The number of nitrogens with zero attached hydrogens (tertiary/aromatic N) is 3. The number of aryl methyl sites for hydroxylation is 2. The Morgan fingerprint density at radius 2 is 1.77 bits per heavy atom. The molecule has 9 nitrogen and oxygen atoms in total. The van der Waals surface area contributed by atoms with E-state index >= 15 is 0 Å². The fourth-order valence-electron chi connectivity index (χ4n) is 3.55. The molecule has 2 amide bonds. The van der Waals surface area contributed by atoms with Crippen LogP contribution in [-0.2, 0) is 14.3 Å². The standard InChI is InChI=1S/C22H23N3O6/c1-5-31-21(27)12-23-18-9-13(2)14(3)10-19(18)24(11-20(23)26)22(28)16-7-6-8-17(15(16)4)25(29)30/h6-10H,5,11-12H2,1-4H3. The van der Waals surface area contributed by atoms with Crippen molar-refractivity contribution in [1.82, 2.24) is 0 Å². The quantitative estimate of drug-likeness (QED) is 0.414. The van der Waals surface area contributed by atoms with Gasteiger partial charge in [0, 0.05) is 17.2 Å². The van der Waals surface area contributed by atoms with Crippen LogP contribution in [0, 0.1) is 30.9 Å². The van der Waals surface area contributed by atoms with E-state index in [2.05, 4.69) is 0 Å². The summed E-state index contributed by atoms with van der Waals surface area (Å²) in [7, 11) is 0. The van der Waals surface area contributed by atoms with Gasteiger partial charge in [-0.25, -0.2) is 0 Å². The van der Waals surface area contributed by atoms with Crippen LogP contribution in [0.5, 0.6) is 0 Å². The SMILES string of the molecule is CCOC(=O)CN1C(=O)CN(C(=O)c2cccc([N+](=O)[O-])c2C)c2cc(C)c(C)cc21. The summed E-state index contributed by atoms with van der Waals surface area (Å²) in [5.41, 5.74) is 2.87. The molecule has 162 valence electrons. The summed E-state index contributed by atoms with van der Waals surface area (Å²) in [6, 6.07) is 7.80. The number of carbonyl (C=O) groups excluding carboxylic acids is 3. The molecule has 2 aromatic carbocycles. The second kappa shape index (κ2) is 8.55. The minimum absolute atomic E-state index is 0.144. The lowest BCUT2D eigenvalue weighted by Crippen LogP contribution is -2.50. The van der Waals surface area contributed by atoms with Crippen molar-refractivity contribution in [3.63, 3.8) is 0 Å². The number of hydrogen-bond acceptors (Lipinski definition) is 6. The van der Waals surface area contributed by atoms with Crippen LogP contribution in [0.2, 0.25) is 0 Å². The van der Waals surface area contributed by atoms with Gasteiger partial charge in [-0.3, -0.25) is 34.3 Å². The normalized spacial score (nSPS) is 13.1. The molecule has 2 aromatic rings. The lowest BCUT2D eigenvalue weighted by atomic mass is 10.0. The number of nitro benzene ring substituents is 1. The van der Waals surface area contributed by atoms with Crippen molar-refractivity contribution in [2.24, 2.45) is 0 Å². The zero-order valence-electron chi connectivity index (χ0n) is 17.8. The summed E-state index contributed by atoms with van der Waals surface area (Å²) in [6.45, 7) is 6.56. The highest BCUT2D eigenvalue weighted by molar-refractivity contribution is 6.17. The van der Waals surface area contributed by atoms with E-state index < -0.39 is 22.7 Å².